The number of piperazine rings is 1. The minimum Gasteiger partial charge on any atom is -0.487 e. The summed E-state index contributed by atoms with van der Waals surface area (Å²) in [6, 6.07) is 17.6. The number of nitriles is 1. The summed E-state index contributed by atoms with van der Waals surface area (Å²) in [5, 5.41) is 21.9. The molecule has 2 saturated heterocycles. The van der Waals surface area contributed by atoms with Crippen molar-refractivity contribution in [3.63, 3.8) is 0 Å². The number of pyridine rings is 1. The van der Waals surface area contributed by atoms with Gasteiger partial charge < -0.3 is 25.0 Å². The third-order valence-corrected chi connectivity index (χ3v) is 12.1. The van der Waals surface area contributed by atoms with Crippen LogP contribution in [0.3, 0.4) is 0 Å². The highest BCUT2D eigenvalue weighted by Gasteiger charge is 2.67. The molecule has 2 N–H and O–H groups in total. The van der Waals surface area contributed by atoms with E-state index in [0.717, 1.165) is 86.9 Å². The molecule has 1 aliphatic carbocycles. The van der Waals surface area contributed by atoms with Crippen LogP contribution in [0.4, 0.5) is 11.4 Å². The number of carboxylic acids is 1. The predicted molar refractivity (Wildman–Crippen MR) is 195 cm³/mol. The lowest BCUT2D eigenvalue weighted by molar-refractivity contribution is -0.180. The molecule has 10 heteroatoms. The summed E-state index contributed by atoms with van der Waals surface area (Å²) in [6.45, 7) is 19.3. The molecule has 1 saturated carbocycles. The molecule has 1 aromatic heterocycles. The first kappa shape index (κ1) is 35.2. The standard InChI is InChI=1S/C40H50N6O4/c1-27-21-33(22-28(2)34(27)23-41)50-40(6)26-39(5,38(40,3)4)43-36(47)30-7-9-31(10-8-30)45-15-13-29(14-16-45)25-44-17-19-46(20-18-44)32-11-12-35(37(48)49)42-24-32/h7-12,21-22,24,29H,13-20,25-26H2,1-6H3,(H,43,47)(H,48,49). The average molecular weight is 679 g/mol. The van der Waals surface area contributed by atoms with Gasteiger partial charge >= 0.3 is 5.97 Å². The van der Waals surface area contributed by atoms with Crippen LogP contribution in [0.5, 0.6) is 5.75 Å². The fourth-order valence-corrected chi connectivity index (χ4v) is 8.15. The summed E-state index contributed by atoms with van der Waals surface area (Å²) >= 11 is 0. The molecule has 3 fully saturated rings. The number of aromatic nitrogens is 1. The van der Waals surface area contributed by atoms with E-state index in [1.54, 1.807) is 12.3 Å². The number of benzene rings is 2. The maximum atomic E-state index is 13.5. The molecule has 2 unspecified atom stereocenters. The van der Waals surface area contributed by atoms with Crippen LogP contribution in [-0.2, 0) is 0 Å². The second-order valence-electron chi connectivity index (χ2n) is 15.4. The Morgan fingerprint density at radius 2 is 1.52 bits per heavy atom. The Labute approximate surface area is 296 Å². The second kappa shape index (κ2) is 13.6. The van der Waals surface area contributed by atoms with Crippen molar-refractivity contribution in [3.8, 4) is 11.8 Å². The Morgan fingerprint density at radius 1 is 0.920 bits per heavy atom. The van der Waals surface area contributed by atoms with Crippen molar-refractivity contribution < 1.29 is 19.4 Å². The predicted octanol–water partition coefficient (Wildman–Crippen LogP) is 6.06. The number of anilines is 2. The number of nitrogens with one attached hydrogen (secondary N) is 1. The number of carbonyl (C=O) groups is 2. The number of hydrogen-bond acceptors (Lipinski definition) is 8. The van der Waals surface area contributed by atoms with Gasteiger partial charge in [-0.3, -0.25) is 9.69 Å². The number of amides is 1. The van der Waals surface area contributed by atoms with Crippen molar-refractivity contribution in [2.75, 3.05) is 55.6 Å². The zero-order valence-corrected chi connectivity index (χ0v) is 30.3. The van der Waals surface area contributed by atoms with Crippen LogP contribution >= 0.6 is 0 Å². The van der Waals surface area contributed by atoms with Crippen LogP contribution in [0.2, 0.25) is 0 Å². The molecule has 3 aromatic rings. The summed E-state index contributed by atoms with van der Waals surface area (Å²) in [5.74, 6) is 0.331. The van der Waals surface area contributed by atoms with Crippen molar-refractivity contribution in [1.82, 2.24) is 15.2 Å². The van der Waals surface area contributed by atoms with Crippen LogP contribution in [0, 0.1) is 36.5 Å². The van der Waals surface area contributed by atoms with Crippen LogP contribution in [-0.4, -0.2) is 83.8 Å². The van der Waals surface area contributed by atoms with Gasteiger partial charge in [-0.1, -0.05) is 13.8 Å². The Balaban J connectivity index is 0.966. The van der Waals surface area contributed by atoms with Crippen LogP contribution in [0.15, 0.2) is 54.7 Å². The van der Waals surface area contributed by atoms with Gasteiger partial charge in [-0.25, -0.2) is 9.78 Å². The van der Waals surface area contributed by atoms with Gasteiger partial charge in [0, 0.05) is 68.9 Å². The van der Waals surface area contributed by atoms with Gasteiger partial charge in [0.1, 0.15) is 17.0 Å². The SMILES string of the molecule is Cc1cc(OC2(C)CC(C)(NC(=O)c3ccc(N4CCC(CN5CCN(c6ccc(C(=O)O)nc6)CC5)CC4)cc3)C2(C)C)cc(C)c1C#N. The maximum Gasteiger partial charge on any atom is 0.354 e. The highest BCUT2D eigenvalue weighted by Crippen LogP contribution is 2.58. The van der Waals surface area contributed by atoms with Crippen molar-refractivity contribution >= 4 is 23.3 Å². The minimum absolute atomic E-state index is 0.0740. The second-order valence-corrected chi connectivity index (χ2v) is 15.4. The summed E-state index contributed by atoms with van der Waals surface area (Å²) in [5.41, 5.74) is 4.07. The summed E-state index contributed by atoms with van der Waals surface area (Å²) < 4.78 is 6.57. The number of carboxylic acid groups (broad SMARTS) is 1. The normalized spacial score (nSPS) is 23.9. The fourth-order valence-electron chi connectivity index (χ4n) is 8.15. The Kier molecular flexibility index (Phi) is 9.57. The molecule has 50 heavy (non-hydrogen) atoms. The fraction of sp³-hybridized carbons (Fsp3) is 0.500. The van der Waals surface area contributed by atoms with E-state index in [0.29, 0.717) is 23.5 Å². The van der Waals surface area contributed by atoms with E-state index >= 15 is 0 Å². The van der Waals surface area contributed by atoms with Crippen molar-refractivity contribution in [2.45, 2.75) is 71.9 Å². The molecule has 0 spiro atoms. The Morgan fingerprint density at radius 3 is 2.06 bits per heavy atom. The lowest BCUT2D eigenvalue weighted by Crippen LogP contribution is -2.77. The number of nitrogens with zero attached hydrogens (tertiary/aromatic N) is 5. The first-order chi connectivity index (χ1) is 23.7. The van der Waals surface area contributed by atoms with Gasteiger partial charge in [-0.15, -0.1) is 0 Å². The van der Waals surface area contributed by atoms with Crippen molar-refractivity contribution in [3.05, 3.63) is 82.7 Å². The summed E-state index contributed by atoms with van der Waals surface area (Å²) in [4.78, 5) is 35.9. The number of hydrogen-bond donors (Lipinski definition) is 2. The van der Waals surface area contributed by atoms with Crippen LogP contribution < -0.4 is 19.9 Å². The highest BCUT2D eigenvalue weighted by atomic mass is 16.5. The van der Waals surface area contributed by atoms with E-state index in [1.807, 2.05) is 44.2 Å². The molecule has 6 rings (SSSR count). The highest BCUT2D eigenvalue weighted by molar-refractivity contribution is 5.95. The Bertz CT molecular complexity index is 1750. The van der Waals surface area contributed by atoms with E-state index < -0.39 is 17.1 Å². The molecular weight excluding hydrogens is 628 g/mol. The lowest BCUT2D eigenvalue weighted by Gasteiger charge is -2.65. The molecule has 3 aliphatic rings. The number of aryl methyl sites for hydroxylation is 2. The monoisotopic (exact) mass is 678 g/mol. The van der Waals surface area contributed by atoms with E-state index in [9.17, 15) is 14.9 Å². The topological polar surface area (TPSA) is 122 Å². The van der Waals surface area contributed by atoms with Crippen molar-refractivity contribution in [2.24, 2.45) is 11.3 Å². The minimum atomic E-state index is -1.00. The Hall–Kier alpha value is -4.62. The van der Waals surface area contributed by atoms with Gasteiger partial charge in [0.25, 0.3) is 5.91 Å². The molecule has 2 aliphatic heterocycles. The van der Waals surface area contributed by atoms with E-state index in [2.05, 4.69) is 70.9 Å². The third kappa shape index (κ3) is 6.76. The molecular formula is C40H50N6O4. The summed E-state index contributed by atoms with van der Waals surface area (Å²) in [6.07, 6.45) is 4.60. The number of aromatic carboxylic acids is 1. The smallest absolute Gasteiger partial charge is 0.354 e. The first-order valence-corrected chi connectivity index (χ1v) is 17.8. The van der Waals surface area contributed by atoms with E-state index in [-0.39, 0.29) is 17.0 Å². The largest absolute Gasteiger partial charge is 0.487 e. The summed E-state index contributed by atoms with van der Waals surface area (Å²) in [7, 11) is 0. The molecule has 0 bridgehead atoms. The molecule has 1 amide bonds. The number of piperidine rings is 1. The molecule has 3 heterocycles. The lowest BCUT2D eigenvalue weighted by atomic mass is 9.48. The maximum absolute atomic E-state index is 13.5. The van der Waals surface area contributed by atoms with Crippen molar-refractivity contribution in [1.29, 1.82) is 5.26 Å². The molecule has 10 nitrogen and oxygen atoms in total. The van der Waals surface area contributed by atoms with Gasteiger partial charge in [-0.2, -0.15) is 5.26 Å². The van der Waals surface area contributed by atoms with Gasteiger partial charge in [0.15, 0.2) is 0 Å². The zero-order valence-electron chi connectivity index (χ0n) is 30.3. The number of ether oxygens (including phenoxy) is 1. The zero-order chi connectivity index (χ0) is 35.8. The molecule has 2 aromatic carbocycles. The molecule has 2 atom stereocenters. The van der Waals surface area contributed by atoms with E-state index in [1.165, 1.54) is 0 Å². The van der Waals surface area contributed by atoms with Gasteiger partial charge in [0.05, 0.1) is 29.1 Å². The first-order valence-electron chi connectivity index (χ1n) is 17.8. The number of carbonyl (C=O) groups excluding carboxylic acids is 1. The quantitative estimate of drug-likeness (QED) is 0.278. The van der Waals surface area contributed by atoms with Gasteiger partial charge in [-0.05, 0) is 106 Å². The molecule has 0 radical (unpaired) electrons. The van der Waals surface area contributed by atoms with E-state index in [4.69, 9.17) is 9.84 Å². The third-order valence-electron chi connectivity index (χ3n) is 12.1. The average Bonchev–Trinajstić information content (AvgIpc) is 3.09. The van der Waals surface area contributed by atoms with Gasteiger partial charge in [0.2, 0.25) is 0 Å². The molecule has 264 valence electrons. The number of rotatable bonds is 9. The van der Waals surface area contributed by atoms with Crippen LogP contribution in [0.25, 0.3) is 0 Å². The van der Waals surface area contributed by atoms with Crippen LogP contribution in [0.1, 0.15) is 84.5 Å².